The number of carbonyl (C=O) groups is 2. The number of carbonyl (C=O) groups excluding carboxylic acids is 2. The van der Waals surface area contributed by atoms with Crippen molar-refractivity contribution in [3.05, 3.63) is 0 Å². The fourth-order valence-corrected chi connectivity index (χ4v) is 2.72. The summed E-state index contributed by atoms with van der Waals surface area (Å²) in [5, 5.41) is 0. The van der Waals surface area contributed by atoms with Gasteiger partial charge in [0.2, 0.25) is 0 Å². The highest BCUT2D eigenvalue weighted by molar-refractivity contribution is 5.84. The number of ketones is 1. The molecule has 1 aliphatic heterocycles. The number of rotatable bonds is 0. The third-order valence-corrected chi connectivity index (χ3v) is 3.58. The molecule has 4 nitrogen and oxygen atoms in total. The number of amides is 1. The predicted octanol–water partition coefficient (Wildman–Crippen LogP) is 2.22. The van der Waals surface area contributed by atoms with E-state index in [1.165, 1.54) is 0 Å². The SMILES string of the molecule is CC(C)(C)OC(=O)N1CC[C@H]2CCC(=O)[C@H]2C1. The van der Waals surface area contributed by atoms with Crippen LogP contribution in [0.4, 0.5) is 4.79 Å². The summed E-state index contributed by atoms with van der Waals surface area (Å²) in [6.45, 7) is 6.86. The number of likely N-dealkylation sites (tertiary alicyclic amines) is 1. The minimum Gasteiger partial charge on any atom is -0.444 e. The zero-order valence-corrected chi connectivity index (χ0v) is 10.9. The lowest BCUT2D eigenvalue weighted by Crippen LogP contribution is -2.46. The van der Waals surface area contributed by atoms with Crippen LogP contribution in [0.25, 0.3) is 0 Å². The molecule has 0 bridgehead atoms. The van der Waals surface area contributed by atoms with Crippen molar-refractivity contribution in [2.75, 3.05) is 13.1 Å². The second-order valence-corrected chi connectivity index (χ2v) is 6.09. The molecule has 0 unspecified atom stereocenters. The van der Waals surface area contributed by atoms with Gasteiger partial charge in [-0.25, -0.2) is 4.79 Å². The maximum Gasteiger partial charge on any atom is 0.410 e. The average Bonchev–Trinajstić information content (AvgIpc) is 2.57. The van der Waals surface area contributed by atoms with Crippen LogP contribution < -0.4 is 0 Å². The summed E-state index contributed by atoms with van der Waals surface area (Å²) in [5.41, 5.74) is -0.465. The molecule has 0 aromatic rings. The molecule has 1 aliphatic carbocycles. The molecule has 2 rings (SSSR count). The van der Waals surface area contributed by atoms with Crippen molar-refractivity contribution < 1.29 is 14.3 Å². The highest BCUT2D eigenvalue weighted by atomic mass is 16.6. The second-order valence-electron chi connectivity index (χ2n) is 6.09. The fourth-order valence-electron chi connectivity index (χ4n) is 2.72. The Bertz CT molecular complexity index is 332. The van der Waals surface area contributed by atoms with Crippen LogP contribution in [-0.2, 0) is 9.53 Å². The summed E-state index contributed by atoms with van der Waals surface area (Å²) in [5.74, 6) is 0.890. The second kappa shape index (κ2) is 4.31. The average molecular weight is 239 g/mol. The Hall–Kier alpha value is -1.06. The Morgan fingerprint density at radius 1 is 1.35 bits per heavy atom. The summed E-state index contributed by atoms with van der Waals surface area (Å²) in [4.78, 5) is 25.3. The standard InChI is InChI=1S/C13H21NO3/c1-13(2,3)17-12(16)14-7-6-9-4-5-11(15)10(9)8-14/h9-10H,4-8H2,1-3H3/t9-,10+/m1/s1. The molecule has 2 aliphatic rings. The van der Waals surface area contributed by atoms with E-state index in [9.17, 15) is 9.59 Å². The molecule has 0 aromatic carbocycles. The Morgan fingerprint density at radius 3 is 2.71 bits per heavy atom. The molecule has 1 amide bonds. The van der Waals surface area contributed by atoms with E-state index < -0.39 is 5.60 Å². The minimum atomic E-state index is -0.465. The molecular formula is C13H21NO3. The van der Waals surface area contributed by atoms with Gasteiger partial charge >= 0.3 is 6.09 Å². The van der Waals surface area contributed by atoms with E-state index >= 15 is 0 Å². The summed E-state index contributed by atoms with van der Waals surface area (Å²) >= 11 is 0. The summed E-state index contributed by atoms with van der Waals surface area (Å²) in [6, 6.07) is 0. The van der Waals surface area contributed by atoms with Gasteiger partial charge in [-0.15, -0.1) is 0 Å². The van der Waals surface area contributed by atoms with Crippen molar-refractivity contribution in [3.8, 4) is 0 Å². The van der Waals surface area contributed by atoms with Crippen LogP contribution in [0, 0.1) is 11.8 Å². The number of ether oxygens (including phenoxy) is 1. The van der Waals surface area contributed by atoms with Gasteiger partial charge in [-0.1, -0.05) is 0 Å². The first-order valence-corrected chi connectivity index (χ1v) is 6.37. The zero-order chi connectivity index (χ0) is 12.6. The minimum absolute atomic E-state index is 0.0660. The smallest absolute Gasteiger partial charge is 0.410 e. The zero-order valence-electron chi connectivity index (χ0n) is 10.9. The molecule has 1 saturated heterocycles. The molecule has 17 heavy (non-hydrogen) atoms. The number of Topliss-reactive ketones (excluding diaryl/α,β-unsaturated/α-hetero) is 1. The number of hydrogen-bond donors (Lipinski definition) is 0. The lowest BCUT2D eigenvalue weighted by Gasteiger charge is -2.35. The normalized spacial score (nSPS) is 29.1. The monoisotopic (exact) mass is 239 g/mol. The third-order valence-electron chi connectivity index (χ3n) is 3.58. The maximum absolute atomic E-state index is 11.9. The van der Waals surface area contributed by atoms with Crippen molar-refractivity contribution in [1.29, 1.82) is 0 Å². The van der Waals surface area contributed by atoms with Gasteiger partial charge in [-0.05, 0) is 39.5 Å². The first-order chi connectivity index (χ1) is 7.87. The molecule has 0 spiro atoms. The molecule has 2 fully saturated rings. The van der Waals surface area contributed by atoms with Crippen LogP contribution >= 0.6 is 0 Å². The van der Waals surface area contributed by atoms with Gasteiger partial charge in [-0.3, -0.25) is 4.79 Å². The maximum atomic E-state index is 11.9. The van der Waals surface area contributed by atoms with E-state index in [-0.39, 0.29) is 12.0 Å². The molecule has 0 N–H and O–H groups in total. The Kier molecular flexibility index (Phi) is 3.15. The molecule has 2 atom stereocenters. The predicted molar refractivity (Wildman–Crippen MR) is 63.6 cm³/mol. The van der Waals surface area contributed by atoms with Crippen LogP contribution in [0.2, 0.25) is 0 Å². The quantitative estimate of drug-likeness (QED) is 0.651. The van der Waals surface area contributed by atoms with E-state index in [0.29, 0.717) is 24.7 Å². The largest absolute Gasteiger partial charge is 0.444 e. The van der Waals surface area contributed by atoms with Gasteiger partial charge in [0, 0.05) is 25.4 Å². The van der Waals surface area contributed by atoms with Crippen molar-refractivity contribution in [2.24, 2.45) is 11.8 Å². The third kappa shape index (κ3) is 2.79. The Morgan fingerprint density at radius 2 is 2.06 bits per heavy atom. The van der Waals surface area contributed by atoms with Crippen molar-refractivity contribution >= 4 is 11.9 Å². The topological polar surface area (TPSA) is 46.6 Å². The molecule has 1 saturated carbocycles. The number of nitrogens with zero attached hydrogens (tertiary/aromatic N) is 1. The van der Waals surface area contributed by atoms with Crippen molar-refractivity contribution in [2.45, 2.75) is 45.6 Å². The lowest BCUT2D eigenvalue weighted by molar-refractivity contribution is -0.122. The molecular weight excluding hydrogens is 218 g/mol. The highest BCUT2D eigenvalue weighted by Gasteiger charge is 2.40. The van der Waals surface area contributed by atoms with Gasteiger partial charge < -0.3 is 9.64 Å². The fraction of sp³-hybridized carbons (Fsp3) is 0.846. The van der Waals surface area contributed by atoms with E-state index in [4.69, 9.17) is 4.74 Å². The van der Waals surface area contributed by atoms with Crippen LogP contribution in [0.3, 0.4) is 0 Å². The lowest BCUT2D eigenvalue weighted by atomic mass is 9.88. The van der Waals surface area contributed by atoms with Crippen LogP contribution in [0.1, 0.15) is 40.0 Å². The number of piperidine rings is 1. The molecule has 96 valence electrons. The van der Waals surface area contributed by atoms with Gasteiger partial charge in [0.25, 0.3) is 0 Å². The van der Waals surface area contributed by atoms with Gasteiger partial charge in [-0.2, -0.15) is 0 Å². The first-order valence-electron chi connectivity index (χ1n) is 6.37. The summed E-state index contributed by atoms with van der Waals surface area (Å²) in [6.07, 6.45) is 2.36. The summed E-state index contributed by atoms with van der Waals surface area (Å²) < 4.78 is 5.34. The van der Waals surface area contributed by atoms with E-state index in [0.717, 1.165) is 19.4 Å². The van der Waals surface area contributed by atoms with Crippen LogP contribution in [-0.4, -0.2) is 35.5 Å². The van der Waals surface area contributed by atoms with Crippen molar-refractivity contribution in [3.63, 3.8) is 0 Å². The van der Waals surface area contributed by atoms with Gasteiger partial charge in [0.05, 0.1) is 0 Å². The highest BCUT2D eigenvalue weighted by Crippen LogP contribution is 2.35. The van der Waals surface area contributed by atoms with Gasteiger partial charge in [0.1, 0.15) is 11.4 Å². The molecule has 0 radical (unpaired) electrons. The molecule has 1 heterocycles. The van der Waals surface area contributed by atoms with Crippen LogP contribution in [0.15, 0.2) is 0 Å². The Balaban J connectivity index is 1.95. The number of fused-ring (bicyclic) bond motifs is 1. The van der Waals surface area contributed by atoms with E-state index in [1.54, 1.807) is 4.90 Å². The van der Waals surface area contributed by atoms with E-state index in [2.05, 4.69) is 0 Å². The summed E-state index contributed by atoms with van der Waals surface area (Å²) in [7, 11) is 0. The van der Waals surface area contributed by atoms with Gasteiger partial charge in [0.15, 0.2) is 0 Å². The van der Waals surface area contributed by atoms with Crippen molar-refractivity contribution in [1.82, 2.24) is 4.90 Å². The van der Waals surface area contributed by atoms with Crippen LogP contribution in [0.5, 0.6) is 0 Å². The molecule has 0 aromatic heterocycles. The Labute approximate surface area is 102 Å². The van der Waals surface area contributed by atoms with E-state index in [1.807, 2.05) is 20.8 Å². The molecule has 4 heteroatoms. The first kappa shape index (κ1) is 12.4. The number of hydrogen-bond acceptors (Lipinski definition) is 3.